The Bertz CT molecular complexity index is 825. The largest absolute Gasteiger partial charge is 0.483 e. The molecule has 2 N–H and O–H groups in total. The van der Waals surface area contributed by atoms with Gasteiger partial charge in [0.25, 0.3) is 5.91 Å². The molecule has 132 valence electrons. The lowest BCUT2D eigenvalue weighted by Gasteiger charge is -2.11. The fraction of sp³-hybridized carbons (Fsp3) is 0.368. The maximum atomic E-state index is 12.2. The van der Waals surface area contributed by atoms with Crippen LogP contribution in [-0.4, -0.2) is 23.6 Å². The number of fused-ring (bicyclic) bond motifs is 1. The Kier molecular flexibility index (Phi) is 5.08. The van der Waals surface area contributed by atoms with Crippen LogP contribution in [0.2, 0.25) is 0 Å². The minimum atomic E-state index is -0.981. The van der Waals surface area contributed by atoms with Gasteiger partial charge in [-0.2, -0.15) is 0 Å². The van der Waals surface area contributed by atoms with Crippen LogP contribution in [0.1, 0.15) is 44.8 Å². The van der Waals surface area contributed by atoms with Crippen molar-refractivity contribution in [1.82, 2.24) is 0 Å². The van der Waals surface area contributed by atoms with Crippen LogP contribution in [-0.2, 0) is 17.6 Å². The first-order valence-electron chi connectivity index (χ1n) is 8.34. The van der Waals surface area contributed by atoms with E-state index in [1.165, 1.54) is 11.3 Å². The fourth-order valence-corrected chi connectivity index (χ4v) is 4.36. The number of anilines is 1. The molecule has 0 aliphatic heterocycles. The number of carbonyl (C=O) groups is 2. The molecule has 1 amide bonds. The quantitative estimate of drug-likeness (QED) is 0.847. The third kappa shape index (κ3) is 3.69. The van der Waals surface area contributed by atoms with Crippen molar-refractivity contribution in [2.45, 2.75) is 39.5 Å². The summed E-state index contributed by atoms with van der Waals surface area (Å²) < 4.78 is 5.60. The summed E-state index contributed by atoms with van der Waals surface area (Å²) in [6.45, 7) is 3.78. The van der Waals surface area contributed by atoms with E-state index in [9.17, 15) is 14.7 Å². The van der Waals surface area contributed by atoms with Gasteiger partial charge in [-0.15, -0.1) is 11.3 Å². The van der Waals surface area contributed by atoms with E-state index in [1.807, 2.05) is 32.0 Å². The van der Waals surface area contributed by atoms with Crippen molar-refractivity contribution in [3.63, 3.8) is 0 Å². The highest BCUT2D eigenvalue weighted by Gasteiger charge is 2.26. The predicted octanol–water partition coefficient (Wildman–Crippen LogP) is 3.96. The third-order valence-corrected chi connectivity index (χ3v) is 5.76. The molecule has 2 aromatic rings. The van der Waals surface area contributed by atoms with Gasteiger partial charge in [0.1, 0.15) is 10.8 Å². The number of hydrogen-bond acceptors (Lipinski definition) is 4. The summed E-state index contributed by atoms with van der Waals surface area (Å²) in [5.74, 6) is -0.661. The normalized spacial score (nSPS) is 13.2. The van der Waals surface area contributed by atoms with Crippen LogP contribution in [0.3, 0.4) is 0 Å². The Labute approximate surface area is 150 Å². The van der Waals surface area contributed by atoms with Crippen molar-refractivity contribution < 1.29 is 19.4 Å². The van der Waals surface area contributed by atoms with E-state index in [2.05, 4.69) is 5.32 Å². The smallest absolute Gasteiger partial charge is 0.339 e. The van der Waals surface area contributed by atoms with Crippen LogP contribution < -0.4 is 10.1 Å². The van der Waals surface area contributed by atoms with Crippen molar-refractivity contribution in [3.8, 4) is 5.75 Å². The number of hydrogen-bond donors (Lipinski definition) is 2. The van der Waals surface area contributed by atoms with Gasteiger partial charge in [-0.05, 0) is 62.3 Å². The van der Waals surface area contributed by atoms with Crippen molar-refractivity contribution in [3.05, 3.63) is 45.3 Å². The minimum Gasteiger partial charge on any atom is -0.483 e. The highest BCUT2D eigenvalue weighted by molar-refractivity contribution is 7.17. The molecule has 3 rings (SSSR count). The zero-order chi connectivity index (χ0) is 18.0. The fourth-order valence-electron chi connectivity index (χ4n) is 3.07. The van der Waals surface area contributed by atoms with Gasteiger partial charge in [0, 0.05) is 4.88 Å². The predicted molar refractivity (Wildman–Crippen MR) is 98.0 cm³/mol. The average molecular weight is 359 g/mol. The second-order valence-corrected chi connectivity index (χ2v) is 7.36. The number of amides is 1. The maximum absolute atomic E-state index is 12.2. The number of rotatable bonds is 5. The molecule has 0 saturated heterocycles. The van der Waals surface area contributed by atoms with E-state index in [1.54, 1.807) is 0 Å². The Morgan fingerprint density at radius 1 is 1.24 bits per heavy atom. The average Bonchev–Trinajstić information content (AvgIpc) is 2.94. The van der Waals surface area contributed by atoms with E-state index in [0.717, 1.165) is 47.3 Å². The lowest BCUT2D eigenvalue weighted by Crippen LogP contribution is -2.21. The van der Waals surface area contributed by atoms with Gasteiger partial charge in [-0.1, -0.05) is 12.1 Å². The summed E-state index contributed by atoms with van der Waals surface area (Å²) in [7, 11) is 0. The van der Waals surface area contributed by atoms with Crippen LogP contribution in [0.25, 0.3) is 0 Å². The highest BCUT2D eigenvalue weighted by atomic mass is 32.1. The maximum Gasteiger partial charge on any atom is 0.339 e. The second kappa shape index (κ2) is 7.27. The summed E-state index contributed by atoms with van der Waals surface area (Å²) >= 11 is 1.38. The Morgan fingerprint density at radius 3 is 2.76 bits per heavy atom. The van der Waals surface area contributed by atoms with Crippen molar-refractivity contribution in [2.75, 3.05) is 11.9 Å². The molecule has 0 fully saturated rings. The van der Waals surface area contributed by atoms with Crippen LogP contribution in [0.5, 0.6) is 5.75 Å². The molecule has 0 radical (unpaired) electrons. The molecular weight excluding hydrogens is 338 g/mol. The molecule has 0 bridgehead atoms. The number of aromatic carboxylic acids is 1. The topological polar surface area (TPSA) is 75.6 Å². The lowest BCUT2D eigenvalue weighted by atomic mass is 9.95. The number of aryl methyl sites for hydroxylation is 2. The summed E-state index contributed by atoms with van der Waals surface area (Å²) in [5.41, 5.74) is 3.22. The standard InChI is InChI=1S/C19H21NO4S/c1-11-6-5-8-14(12(11)2)24-10-16(21)20-18-17(19(22)23)13-7-3-4-9-15(13)25-18/h5-6,8H,3-4,7,9-10H2,1-2H3,(H,20,21)(H,22,23). The van der Waals surface area contributed by atoms with Crippen molar-refractivity contribution in [2.24, 2.45) is 0 Å². The second-order valence-electron chi connectivity index (χ2n) is 6.26. The summed E-state index contributed by atoms with van der Waals surface area (Å²) in [5, 5.41) is 12.7. The number of carboxylic acid groups (broad SMARTS) is 1. The molecular formula is C19H21NO4S. The zero-order valence-electron chi connectivity index (χ0n) is 14.3. The number of carbonyl (C=O) groups excluding carboxylic acids is 1. The number of ether oxygens (including phenoxy) is 1. The van der Waals surface area contributed by atoms with Gasteiger partial charge in [0.05, 0.1) is 5.56 Å². The molecule has 0 saturated carbocycles. The Morgan fingerprint density at radius 2 is 2.00 bits per heavy atom. The Balaban J connectivity index is 1.72. The van der Waals surface area contributed by atoms with Gasteiger partial charge in [0.15, 0.2) is 6.61 Å². The number of nitrogens with one attached hydrogen (secondary N) is 1. The molecule has 6 heteroatoms. The highest BCUT2D eigenvalue weighted by Crippen LogP contribution is 2.38. The third-order valence-electron chi connectivity index (χ3n) is 4.55. The first kappa shape index (κ1) is 17.5. The number of thiophene rings is 1. The van der Waals surface area contributed by atoms with Crippen LogP contribution in [0, 0.1) is 13.8 Å². The zero-order valence-corrected chi connectivity index (χ0v) is 15.2. The first-order chi connectivity index (χ1) is 12.0. The van der Waals surface area contributed by atoms with Gasteiger partial charge >= 0.3 is 5.97 Å². The molecule has 1 aliphatic rings. The van der Waals surface area contributed by atoms with Gasteiger partial charge in [-0.25, -0.2) is 4.79 Å². The first-order valence-corrected chi connectivity index (χ1v) is 9.15. The summed E-state index contributed by atoms with van der Waals surface area (Å²) in [6, 6.07) is 5.69. The van der Waals surface area contributed by atoms with E-state index in [0.29, 0.717) is 10.8 Å². The molecule has 1 aromatic heterocycles. The lowest BCUT2D eigenvalue weighted by molar-refractivity contribution is -0.118. The molecule has 25 heavy (non-hydrogen) atoms. The molecule has 5 nitrogen and oxygen atoms in total. The van der Waals surface area contributed by atoms with E-state index < -0.39 is 5.97 Å². The molecule has 0 spiro atoms. The van der Waals surface area contributed by atoms with E-state index >= 15 is 0 Å². The van der Waals surface area contributed by atoms with Gasteiger partial charge < -0.3 is 15.2 Å². The monoisotopic (exact) mass is 359 g/mol. The van der Waals surface area contributed by atoms with Crippen LogP contribution >= 0.6 is 11.3 Å². The summed E-state index contributed by atoms with van der Waals surface area (Å²) in [6.07, 6.45) is 3.71. The molecule has 1 heterocycles. The van der Waals surface area contributed by atoms with Crippen molar-refractivity contribution >= 4 is 28.2 Å². The number of carboxylic acids is 1. The van der Waals surface area contributed by atoms with Crippen molar-refractivity contribution in [1.29, 1.82) is 0 Å². The minimum absolute atomic E-state index is 0.147. The van der Waals surface area contributed by atoms with Crippen LogP contribution in [0.4, 0.5) is 5.00 Å². The molecule has 0 atom stereocenters. The molecule has 0 unspecified atom stereocenters. The van der Waals surface area contributed by atoms with Crippen LogP contribution in [0.15, 0.2) is 18.2 Å². The van der Waals surface area contributed by atoms with Gasteiger partial charge in [-0.3, -0.25) is 4.79 Å². The number of benzene rings is 1. The van der Waals surface area contributed by atoms with E-state index in [-0.39, 0.29) is 18.1 Å². The molecule has 1 aromatic carbocycles. The Hall–Kier alpha value is -2.34. The summed E-state index contributed by atoms with van der Waals surface area (Å²) in [4.78, 5) is 24.9. The van der Waals surface area contributed by atoms with E-state index in [4.69, 9.17) is 4.74 Å². The van der Waals surface area contributed by atoms with Gasteiger partial charge in [0.2, 0.25) is 0 Å². The SMILES string of the molecule is Cc1cccc(OCC(=O)Nc2sc3c(c2C(=O)O)CCCC3)c1C. The molecule has 1 aliphatic carbocycles.